The van der Waals surface area contributed by atoms with Crippen LogP contribution in [0.3, 0.4) is 0 Å². The summed E-state index contributed by atoms with van der Waals surface area (Å²) in [6, 6.07) is 17.4. The van der Waals surface area contributed by atoms with Gasteiger partial charge >= 0.3 is 0 Å². The van der Waals surface area contributed by atoms with E-state index in [1.54, 1.807) is 0 Å². The SMILES string of the molecule is CC(C)(C)n1sc(-c2ccccc2)c(NCCCOc2ccc(CO)cc2)c1=O. The van der Waals surface area contributed by atoms with Crippen LogP contribution in [0.25, 0.3) is 10.4 Å². The van der Waals surface area contributed by atoms with Gasteiger partial charge in [0.15, 0.2) is 0 Å². The summed E-state index contributed by atoms with van der Waals surface area (Å²) in [5.74, 6) is 0.776. The van der Waals surface area contributed by atoms with E-state index in [4.69, 9.17) is 9.84 Å². The van der Waals surface area contributed by atoms with Gasteiger partial charge in [0.1, 0.15) is 11.4 Å². The number of benzene rings is 2. The first-order valence-electron chi connectivity index (χ1n) is 9.79. The van der Waals surface area contributed by atoms with Crippen molar-refractivity contribution >= 4 is 17.2 Å². The molecule has 0 aliphatic rings. The number of ether oxygens (including phenoxy) is 1. The van der Waals surface area contributed by atoms with Crippen LogP contribution in [-0.2, 0) is 12.1 Å². The van der Waals surface area contributed by atoms with Crippen LogP contribution < -0.4 is 15.6 Å². The Bertz CT molecular complexity index is 970. The number of aliphatic hydroxyl groups is 1. The first-order valence-corrected chi connectivity index (χ1v) is 10.6. The molecule has 2 N–H and O–H groups in total. The minimum absolute atomic E-state index is 0.0156. The number of rotatable bonds is 8. The molecule has 0 fully saturated rings. The second kappa shape index (κ2) is 9.29. The Morgan fingerprint density at radius 3 is 2.38 bits per heavy atom. The number of nitrogens with zero attached hydrogens (tertiary/aromatic N) is 1. The van der Waals surface area contributed by atoms with Crippen molar-refractivity contribution in [1.82, 2.24) is 3.96 Å². The van der Waals surface area contributed by atoms with E-state index in [0.29, 0.717) is 18.8 Å². The topological polar surface area (TPSA) is 63.5 Å². The predicted octanol–water partition coefficient (Wildman–Crippen LogP) is 4.71. The Kier molecular flexibility index (Phi) is 6.77. The van der Waals surface area contributed by atoms with E-state index in [-0.39, 0.29) is 17.7 Å². The summed E-state index contributed by atoms with van der Waals surface area (Å²) in [7, 11) is 0. The van der Waals surface area contributed by atoms with Crippen LogP contribution in [0, 0.1) is 0 Å². The van der Waals surface area contributed by atoms with Gasteiger partial charge in [0, 0.05) is 6.54 Å². The molecule has 0 spiro atoms. The van der Waals surface area contributed by atoms with Gasteiger partial charge in [-0.1, -0.05) is 54.0 Å². The number of anilines is 1. The van der Waals surface area contributed by atoms with E-state index in [0.717, 1.165) is 28.2 Å². The Hall–Kier alpha value is -2.57. The number of aliphatic hydroxyl groups excluding tert-OH is 1. The molecule has 0 bridgehead atoms. The monoisotopic (exact) mass is 412 g/mol. The molecule has 0 saturated heterocycles. The second-order valence-corrected chi connectivity index (χ2v) is 8.82. The third kappa shape index (κ3) is 5.28. The average Bonchev–Trinajstić information content (AvgIpc) is 3.05. The molecule has 3 aromatic rings. The molecule has 6 heteroatoms. The van der Waals surface area contributed by atoms with Crippen molar-refractivity contribution in [2.45, 2.75) is 39.3 Å². The molecule has 0 radical (unpaired) electrons. The van der Waals surface area contributed by atoms with Crippen molar-refractivity contribution in [3.63, 3.8) is 0 Å². The first-order chi connectivity index (χ1) is 13.9. The normalized spacial score (nSPS) is 11.4. The molecular weight excluding hydrogens is 384 g/mol. The molecule has 1 heterocycles. The van der Waals surface area contributed by atoms with Gasteiger partial charge in [-0.15, -0.1) is 0 Å². The lowest BCUT2D eigenvalue weighted by Crippen LogP contribution is -2.30. The molecule has 0 unspecified atom stereocenters. The maximum Gasteiger partial charge on any atom is 0.285 e. The van der Waals surface area contributed by atoms with Crippen LogP contribution in [-0.4, -0.2) is 22.2 Å². The summed E-state index contributed by atoms with van der Waals surface area (Å²) in [5.41, 5.74) is 2.31. The molecule has 0 atom stereocenters. The summed E-state index contributed by atoms with van der Waals surface area (Å²) in [4.78, 5) is 14.0. The predicted molar refractivity (Wildman–Crippen MR) is 120 cm³/mol. The quantitative estimate of drug-likeness (QED) is 0.526. The Balaban J connectivity index is 1.66. The van der Waals surface area contributed by atoms with Crippen LogP contribution in [0.5, 0.6) is 5.75 Å². The van der Waals surface area contributed by atoms with Gasteiger partial charge in [-0.25, -0.2) is 0 Å². The zero-order valence-corrected chi connectivity index (χ0v) is 18.0. The van der Waals surface area contributed by atoms with Crippen molar-refractivity contribution in [3.05, 3.63) is 70.5 Å². The molecule has 0 amide bonds. The fourth-order valence-electron chi connectivity index (χ4n) is 2.93. The summed E-state index contributed by atoms with van der Waals surface area (Å²) < 4.78 is 7.58. The number of hydrogen-bond donors (Lipinski definition) is 2. The van der Waals surface area contributed by atoms with E-state index in [9.17, 15) is 4.79 Å². The summed E-state index contributed by atoms with van der Waals surface area (Å²) in [5, 5.41) is 12.4. The van der Waals surface area contributed by atoms with Crippen LogP contribution in [0.4, 0.5) is 5.69 Å². The molecule has 0 aliphatic heterocycles. The van der Waals surface area contributed by atoms with Crippen LogP contribution in [0.2, 0.25) is 0 Å². The van der Waals surface area contributed by atoms with Crippen molar-refractivity contribution < 1.29 is 9.84 Å². The Morgan fingerprint density at radius 1 is 1.07 bits per heavy atom. The maximum absolute atomic E-state index is 13.0. The first kappa shape index (κ1) is 21.1. The van der Waals surface area contributed by atoms with E-state index in [1.165, 1.54) is 11.5 Å². The van der Waals surface area contributed by atoms with Crippen LogP contribution in [0.15, 0.2) is 59.4 Å². The van der Waals surface area contributed by atoms with Gasteiger partial charge in [-0.05, 0) is 50.5 Å². The van der Waals surface area contributed by atoms with E-state index in [1.807, 2.05) is 79.3 Å². The highest BCUT2D eigenvalue weighted by atomic mass is 32.1. The summed E-state index contributed by atoms with van der Waals surface area (Å²) >= 11 is 1.50. The van der Waals surface area contributed by atoms with Gasteiger partial charge in [-0.2, -0.15) is 0 Å². The van der Waals surface area contributed by atoms with Gasteiger partial charge < -0.3 is 15.2 Å². The van der Waals surface area contributed by atoms with E-state index in [2.05, 4.69) is 5.32 Å². The molecule has 3 rings (SSSR count). The highest BCUT2D eigenvalue weighted by Crippen LogP contribution is 2.33. The molecule has 1 aromatic heterocycles. The summed E-state index contributed by atoms with van der Waals surface area (Å²) in [6.45, 7) is 7.34. The molecule has 29 heavy (non-hydrogen) atoms. The van der Waals surface area contributed by atoms with Gasteiger partial charge in [0.2, 0.25) is 0 Å². The van der Waals surface area contributed by atoms with Crippen LogP contribution in [0.1, 0.15) is 32.8 Å². The highest BCUT2D eigenvalue weighted by molar-refractivity contribution is 7.11. The Labute approximate surface area is 175 Å². The zero-order valence-electron chi connectivity index (χ0n) is 17.1. The lowest BCUT2D eigenvalue weighted by Gasteiger charge is -2.18. The van der Waals surface area contributed by atoms with E-state index >= 15 is 0 Å². The number of hydrogen-bond acceptors (Lipinski definition) is 5. The van der Waals surface area contributed by atoms with Crippen molar-refractivity contribution in [2.24, 2.45) is 0 Å². The lowest BCUT2D eigenvalue weighted by molar-refractivity contribution is 0.281. The van der Waals surface area contributed by atoms with Crippen molar-refractivity contribution in [1.29, 1.82) is 0 Å². The minimum Gasteiger partial charge on any atom is -0.494 e. The van der Waals surface area contributed by atoms with Gasteiger partial charge in [0.05, 0.1) is 23.6 Å². The van der Waals surface area contributed by atoms with Gasteiger partial charge in [-0.3, -0.25) is 8.75 Å². The minimum atomic E-state index is -0.269. The largest absolute Gasteiger partial charge is 0.494 e. The van der Waals surface area contributed by atoms with Crippen molar-refractivity contribution in [2.75, 3.05) is 18.5 Å². The van der Waals surface area contributed by atoms with Crippen LogP contribution >= 0.6 is 11.5 Å². The molecule has 0 aliphatic carbocycles. The Morgan fingerprint density at radius 2 is 1.76 bits per heavy atom. The zero-order chi connectivity index (χ0) is 20.9. The van der Waals surface area contributed by atoms with Crippen molar-refractivity contribution in [3.8, 4) is 16.2 Å². The fraction of sp³-hybridized carbons (Fsp3) is 0.348. The lowest BCUT2D eigenvalue weighted by atomic mass is 10.1. The smallest absolute Gasteiger partial charge is 0.285 e. The number of aromatic nitrogens is 1. The average molecular weight is 413 g/mol. The fourth-order valence-corrected chi connectivity index (χ4v) is 4.05. The number of nitrogens with one attached hydrogen (secondary N) is 1. The molecule has 0 saturated carbocycles. The third-order valence-electron chi connectivity index (χ3n) is 4.45. The third-order valence-corrected chi connectivity index (χ3v) is 5.97. The second-order valence-electron chi connectivity index (χ2n) is 7.86. The highest BCUT2D eigenvalue weighted by Gasteiger charge is 2.23. The standard InChI is InChI=1S/C23H28N2O3S/c1-23(2,3)25-22(27)20(21(29-25)18-8-5-4-6-9-18)24-14-7-15-28-19-12-10-17(16-26)11-13-19/h4-6,8-13,24,26H,7,14-16H2,1-3H3. The van der Waals surface area contributed by atoms with E-state index < -0.39 is 0 Å². The molecule has 154 valence electrons. The molecule has 2 aromatic carbocycles. The molecular formula is C23H28N2O3S. The van der Waals surface area contributed by atoms with Gasteiger partial charge in [0.25, 0.3) is 5.56 Å². The molecule has 5 nitrogen and oxygen atoms in total. The summed E-state index contributed by atoms with van der Waals surface area (Å²) in [6.07, 6.45) is 0.765. The maximum atomic E-state index is 13.0.